The molecule has 0 aliphatic heterocycles. The minimum atomic E-state index is -1.09. The fraction of sp³-hybridized carbons (Fsp3) is 0.333. The van der Waals surface area contributed by atoms with E-state index in [0.717, 1.165) is 5.69 Å². The molecular weight excluding hydrogens is 242 g/mol. The molecule has 2 aromatic heterocycles. The summed E-state index contributed by atoms with van der Waals surface area (Å²) in [6.45, 7) is 0.768. The highest BCUT2D eigenvalue weighted by molar-refractivity contribution is 7.07. The second-order valence-electron chi connectivity index (χ2n) is 3.37. The molecule has 0 atom stereocenters. The van der Waals surface area contributed by atoms with E-state index >= 15 is 0 Å². The van der Waals surface area contributed by atoms with Crippen LogP contribution in [0.1, 0.15) is 21.9 Å². The van der Waals surface area contributed by atoms with Crippen LogP contribution in [0.3, 0.4) is 0 Å². The number of aromatic nitrogens is 4. The monoisotopic (exact) mass is 253 g/mol. The van der Waals surface area contributed by atoms with Crippen LogP contribution >= 0.6 is 11.3 Å². The van der Waals surface area contributed by atoms with Crippen molar-refractivity contribution in [3.05, 3.63) is 28.0 Å². The second kappa shape index (κ2) is 5.02. The molecule has 0 bridgehead atoms. The quantitative estimate of drug-likeness (QED) is 0.775. The predicted molar refractivity (Wildman–Crippen MR) is 61.0 cm³/mol. The number of thiazole rings is 1. The molecule has 8 heteroatoms. The zero-order chi connectivity index (χ0) is 12.3. The summed E-state index contributed by atoms with van der Waals surface area (Å²) in [5, 5.41) is 18.3. The maximum atomic E-state index is 10.9. The number of hydrogen-bond donors (Lipinski definition) is 2. The maximum Gasteiger partial charge on any atom is 0.358 e. The Balaban J connectivity index is 2.30. The molecule has 2 aromatic rings. The van der Waals surface area contributed by atoms with Crippen LogP contribution < -0.4 is 5.73 Å². The van der Waals surface area contributed by atoms with Crippen LogP contribution in [-0.2, 0) is 13.0 Å². The zero-order valence-electron chi connectivity index (χ0n) is 8.91. The van der Waals surface area contributed by atoms with Crippen molar-refractivity contribution in [3.63, 3.8) is 0 Å². The Bertz CT molecular complexity index is 507. The van der Waals surface area contributed by atoms with Gasteiger partial charge in [0.05, 0.1) is 23.4 Å². The predicted octanol–water partition coefficient (Wildman–Crippen LogP) is -0.0177. The van der Waals surface area contributed by atoms with E-state index in [9.17, 15) is 4.79 Å². The molecule has 0 aromatic carbocycles. The molecule has 0 fully saturated rings. The molecule has 0 aliphatic rings. The maximum absolute atomic E-state index is 10.9. The molecule has 17 heavy (non-hydrogen) atoms. The first-order chi connectivity index (χ1) is 8.22. The lowest BCUT2D eigenvalue weighted by Gasteiger charge is -2.03. The van der Waals surface area contributed by atoms with E-state index < -0.39 is 5.97 Å². The zero-order valence-corrected chi connectivity index (χ0v) is 9.72. The van der Waals surface area contributed by atoms with Crippen molar-refractivity contribution in [2.45, 2.75) is 13.0 Å². The van der Waals surface area contributed by atoms with Crippen LogP contribution in [0.4, 0.5) is 0 Å². The summed E-state index contributed by atoms with van der Waals surface area (Å²) in [6, 6.07) is 0. The summed E-state index contributed by atoms with van der Waals surface area (Å²) >= 11 is 1.48. The van der Waals surface area contributed by atoms with E-state index in [1.54, 1.807) is 5.51 Å². The van der Waals surface area contributed by atoms with Gasteiger partial charge >= 0.3 is 5.97 Å². The number of carboxylic acids is 1. The SMILES string of the molecule is NCCc1c(C(=O)O)nnn1Cc1cscn1. The Morgan fingerprint density at radius 1 is 1.59 bits per heavy atom. The molecule has 2 rings (SSSR count). The van der Waals surface area contributed by atoms with Crippen LogP contribution in [-0.4, -0.2) is 37.6 Å². The van der Waals surface area contributed by atoms with Gasteiger partial charge in [0, 0.05) is 11.8 Å². The van der Waals surface area contributed by atoms with Crippen molar-refractivity contribution in [3.8, 4) is 0 Å². The fourth-order valence-electron chi connectivity index (χ4n) is 1.48. The minimum Gasteiger partial charge on any atom is -0.476 e. The lowest BCUT2D eigenvalue weighted by Crippen LogP contribution is -2.14. The number of aromatic carboxylic acids is 1. The van der Waals surface area contributed by atoms with E-state index in [2.05, 4.69) is 15.3 Å². The lowest BCUT2D eigenvalue weighted by atomic mass is 10.2. The third-order valence-electron chi connectivity index (χ3n) is 2.22. The molecule has 3 N–H and O–H groups in total. The highest BCUT2D eigenvalue weighted by Crippen LogP contribution is 2.10. The number of nitrogens with two attached hydrogens (primary N) is 1. The molecule has 0 saturated heterocycles. The van der Waals surface area contributed by atoms with Gasteiger partial charge in [-0.3, -0.25) is 0 Å². The van der Waals surface area contributed by atoms with Gasteiger partial charge in [0.1, 0.15) is 0 Å². The fourth-order valence-corrected chi connectivity index (χ4v) is 2.03. The second-order valence-corrected chi connectivity index (χ2v) is 4.08. The number of rotatable bonds is 5. The Labute approximate surface area is 101 Å². The van der Waals surface area contributed by atoms with Crippen molar-refractivity contribution in [1.82, 2.24) is 20.0 Å². The topological polar surface area (TPSA) is 107 Å². The highest BCUT2D eigenvalue weighted by Gasteiger charge is 2.18. The van der Waals surface area contributed by atoms with Gasteiger partial charge in [0.15, 0.2) is 5.69 Å². The van der Waals surface area contributed by atoms with Gasteiger partial charge in [-0.25, -0.2) is 14.5 Å². The smallest absolute Gasteiger partial charge is 0.358 e. The van der Waals surface area contributed by atoms with Crippen LogP contribution in [0.15, 0.2) is 10.9 Å². The molecule has 7 nitrogen and oxygen atoms in total. The lowest BCUT2D eigenvalue weighted by molar-refractivity contribution is 0.0689. The Morgan fingerprint density at radius 2 is 2.41 bits per heavy atom. The van der Waals surface area contributed by atoms with Gasteiger partial charge < -0.3 is 10.8 Å². The molecule has 0 aliphatic carbocycles. The highest BCUT2D eigenvalue weighted by atomic mass is 32.1. The van der Waals surface area contributed by atoms with Gasteiger partial charge in [0.25, 0.3) is 0 Å². The number of carbonyl (C=O) groups is 1. The summed E-state index contributed by atoms with van der Waals surface area (Å²) in [7, 11) is 0. The summed E-state index contributed by atoms with van der Waals surface area (Å²) in [6.07, 6.45) is 0.429. The van der Waals surface area contributed by atoms with Crippen LogP contribution in [0.25, 0.3) is 0 Å². The van der Waals surface area contributed by atoms with Crippen LogP contribution in [0.2, 0.25) is 0 Å². The molecule has 0 spiro atoms. The summed E-state index contributed by atoms with van der Waals surface area (Å²) < 4.78 is 1.53. The average Bonchev–Trinajstić information content (AvgIpc) is 2.90. The third kappa shape index (κ3) is 2.48. The molecule has 0 unspecified atom stereocenters. The summed E-state index contributed by atoms with van der Waals surface area (Å²) in [5.74, 6) is -1.09. The van der Waals surface area contributed by atoms with E-state index in [1.165, 1.54) is 16.0 Å². The number of carboxylic acid groups (broad SMARTS) is 1. The number of hydrogen-bond acceptors (Lipinski definition) is 6. The first-order valence-corrected chi connectivity index (χ1v) is 5.89. The summed E-state index contributed by atoms with van der Waals surface area (Å²) in [4.78, 5) is 15.1. The van der Waals surface area contributed by atoms with Crippen molar-refractivity contribution in [1.29, 1.82) is 0 Å². The third-order valence-corrected chi connectivity index (χ3v) is 2.85. The van der Waals surface area contributed by atoms with E-state index in [1.807, 2.05) is 5.38 Å². The molecule has 0 amide bonds. The normalized spacial score (nSPS) is 10.6. The standard InChI is InChI=1S/C9H11N5O2S/c10-2-1-7-8(9(15)16)12-13-14(7)3-6-4-17-5-11-6/h4-5H,1-3,10H2,(H,15,16). The van der Waals surface area contributed by atoms with E-state index in [-0.39, 0.29) is 5.69 Å². The van der Waals surface area contributed by atoms with Gasteiger partial charge in [-0.1, -0.05) is 5.21 Å². The van der Waals surface area contributed by atoms with Crippen molar-refractivity contribution >= 4 is 17.3 Å². The Morgan fingerprint density at radius 3 is 3.00 bits per heavy atom. The minimum absolute atomic E-state index is 0.0364. The van der Waals surface area contributed by atoms with Crippen molar-refractivity contribution < 1.29 is 9.90 Å². The van der Waals surface area contributed by atoms with E-state index in [0.29, 0.717) is 25.2 Å². The molecule has 0 saturated carbocycles. The summed E-state index contributed by atoms with van der Waals surface area (Å²) in [5.41, 5.74) is 8.50. The molecule has 0 radical (unpaired) electrons. The largest absolute Gasteiger partial charge is 0.476 e. The van der Waals surface area contributed by atoms with Crippen LogP contribution in [0, 0.1) is 0 Å². The average molecular weight is 253 g/mol. The van der Waals surface area contributed by atoms with Gasteiger partial charge in [-0.15, -0.1) is 16.4 Å². The van der Waals surface area contributed by atoms with Crippen molar-refractivity contribution in [2.24, 2.45) is 5.73 Å². The first kappa shape index (κ1) is 11.7. The first-order valence-electron chi connectivity index (χ1n) is 4.95. The Kier molecular flexibility index (Phi) is 3.45. The molecule has 90 valence electrons. The van der Waals surface area contributed by atoms with Gasteiger partial charge in [-0.2, -0.15) is 0 Å². The van der Waals surface area contributed by atoms with Crippen molar-refractivity contribution in [2.75, 3.05) is 6.54 Å². The van der Waals surface area contributed by atoms with Crippen LogP contribution in [0.5, 0.6) is 0 Å². The Hall–Kier alpha value is -1.80. The molecular formula is C9H11N5O2S. The number of nitrogens with zero attached hydrogens (tertiary/aromatic N) is 4. The van der Waals surface area contributed by atoms with E-state index in [4.69, 9.17) is 10.8 Å². The van der Waals surface area contributed by atoms with Gasteiger partial charge in [0.2, 0.25) is 0 Å². The van der Waals surface area contributed by atoms with Gasteiger partial charge in [-0.05, 0) is 6.54 Å². The molecule has 2 heterocycles.